The van der Waals surface area contributed by atoms with Crippen molar-refractivity contribution in [3.05, 3.63) is 102 Å². The summed E-state index contributed by atoms with van der Waals surface area (Å²) in [5, 5.41) is 1.74. The molecule has 4 aromatic rings. The van der Waals surface area contributed by atoms with Crippen molar-refractivity contribution in [3.8, 4) is 11.5 Å². The molecule has 210 valence electrons. The number of nitrogens with zero attached hydrogens (tertiary/aromatic N) is 1. The summed E-state index contributed by atoms with van der Waals surface area (Å²) in [5.74, 6) is -0.338. The Morgan fingerprint density at radius 2 is 1.62 bits per heavy atom. The van der Waals surface area contributed by atoms with Gasteiger partial charge in [0.25, 0.3) is 5.91 Å². The summed E-state index contributed by atoms with van der Waals surface area (Å²) in [6, 6.07) is 20.8. The van der Waals surface area contributed by atoms with Crippen LogP contribution < -0.4 is 8.92 Å². The minimum Gasteiger partial charge on any atom is -0.493 e. The molecule has 0 aromatic heterocycles. The van der Waals surface area contributed by atoms with Crippen molar-refractivity contribution in [2.24, 2.45) is 0 Å². The zero-order chi connectivity index (χ0) is 29.1. The van der Waals surface area contributed by atoms with E-state index in [1.54, 1.807) is 17.0 Å². The average Bonchev–Trinajstić information content (AvgIpc) is 2.94. The Morgan fingerprint density at radius 1 is 0.925 bits per heavy atom. The van der Waals surface area contributed by atoms with Gasteiger partial charge >= 0.3 is 16.3 Å². The minimum absolute atomic E-state index is 0.0646. The second-order valence-corrected chi connectivity index (χ2v) is 10.8. The molecule has 4 aromatic carbocycles. The van der Waals surface area contributed by atoms with E-state index in [9.17, 15) is 26.4 Å². The molecule has 0 aliphatic rings. The Kier molecular flexibility index (Phi) is 8.39. The van der Waals surface area contributed by atoms with Gasteiger partial charge in [-0.2, -0.15) is 21.6 Å². The van der Waals surface area contributed by atoms with Crippen LogP contribution in [0.1, 0.15) is 41.8 Å². The lowest BCUT2D eigenvalue weighted by Gasteiger charge is -2.29. The van der Waals surface area contributed by atoms with Crippen LogP contribution >= 0.6 is 0 Å². The number of carbonyl (C=O) groups excluding carboxylic acids is 1. The van der Waals surface area contributed by atoms with Crippen LogP contribution in [0.3, 0.4) is 0 Å². The van der Waals surface area contributed by atoms with Gasteiger partial charge in [0.05, 0.1) is 12.7 Å². The van der Waals surface area contributed by atoms with Gasteiger partial charge < -0.3 is 13.8 Å². The lowest BCUT2D eigenvalue weighted by atomic mass is 10.0. The molecule has 1 amide bonds. The van der Waals surface area contributed by atoms with Crippen molar-refractivity contribution in [2.45, 2.75) is 43.9 Å². The molecule has 0 saturated carbocycles. The van der Waals surface area contributed by atoms with Crippen molar-refractivity contribution in [1.82, 2.24) is 4.90 Å². The number of ether oxygens (including phenoxy) is 1. The molecule has 40 heavy (non-hydrogen) atoms. The molecule has 4 rings (SSSR count). The number of hydrogen-bond donors (Lipinski definition) is 0. The third-order valence-electron chi connectivity index (χ3n) is 6.63. The van der Waals surface area contributed by atoms with E-state index in [1.165, 1.54) is 19.2 Å². The first-order valence-electron chi connectivity index (χ1n) is 12.5. The Balaban J connectivity index is 1.67. The second kappa shape index (κ2) is 11.6. The van der Waals surface area contributed by atoms with Gasteiger partial charge in [-0.05, 0) is 66.1 Å². The van der Waals surface area contributed by atoms with Crippen LogP contribution in [0.2, 0.25) is 0 Å². The third-order valence-corrected chi connectivity index (χ3v) is 7.86. The van der Waals surface area contributed by atoms with Crippen LogP contribution in [0.15, 0.2) is 89.8 Å². The highest BCUT2D eigenvalue weighted by molar-refractivity contribution is 7.87. The number of benzene rings is 4. The van der Waals surface area contributed by atoms with Crippen molar-refractivity contribution in [2.75, 3.05) is 7.11 Å². The topological polar surface area (TPSA) is 72.9 Å². The van der Waals surface area contributed by atoms with Gasteiger partial charge in [-0.15, -0.1) is 0 Å². The number of alkyl halides is 3. The Bertz CT molecular complexity index is 1630. The fourth-order valence-corrected chi connectivity index (χ4v) is 5.27. The molecule has 0 bridgehead atoms. The summed E-state index contributed by atoms with van der Waals surface area (Å²) < 4.78 is 75.9. The van der Waals surface area contributed by atoms with Crippen LogP contribution in [0.5, 0.6) is 11.5 Å². The van der Waals surface area contributed by atoms with E-state index in [0.29, 0.717) is 23.6 Å². The molecule has 0 heterocycles. The fraction of sp³-hybridized carbons (Fsp3) is 0.233. The summed E-state index contributed by atoms with van der Waals surface area (Å²) in [6.07, 6.45) is -4.06. The van der Waals surface area contributed by atoms with Gasteiger partial charge in [-0.3, -0.25) is 4.79 Å². The zero-order valence-corrected chi connectivity index (χ0v) is 22.9. The molecule has 0 unspecified atom stereocenters. The number of rotatable bonds is 9. The summed E-state index contributed by atoms with van der Waals surface area (Å²) in [6.45, 7) is 4.00. The molecule has 0 aliphatic carbocycles. The maximum absolute atomic E-state index is 13.8. The van der Waals surface area contributed by atoms with E-state index in [0.717, 1.165) is 29.0 Å². The molecule has 0 saturated heterocycles. The van der Waals surface area contributed by atoms with E-state index in [1.807, 2.05) is 50.2 Å². The van der Waals surface area contributed by atoms with Crippen LogP contribution in [0.4, 0.5) is 13.2 Å². The lowest BCUT2D eigenvalue weighted by Crippen LogP contribution is -2.37. The van der Waals surface area contributed by atoms with Crippen molar-refractivity contribution >= 4 is 26.8 Å². The van der Waals surface area contributed by atoms with E-state index < -0.39 is 26.8 Å². The predicted molar refractivity (Wildman–Crippen MR) is 146 cm³/mol. The lowest BCUT2D eigenvalue weighted by molar-refractivity contribution is -0.137. The van der Waals surface area contributed by atoms with Crippen molar-refractivity contribution < 1.29 is 35.3 Å². The van der Waals surface area contributed by atoms with E-state index >= 15 is 0 Å². The predicted octanol–water partition coefficient (Wildman–Crippen LogP) is 7.08. The highest BCUT2D eigenvalue weighted by Gasteiger charge is 2.32. The monoisotopic (exact) mass is 571 g/mol. The number of hydrogen-bond acceptors (Lipinski definition) is 5. The summed E-state index contributed by atoms with van der Waals surface area (Å²) in [5.41, 5.74) is -0.0338. The van der Waals surface area contributed by atoms with E-state index in [4.69, 9.17) is 8.92 Å². The first-order chi connectivity index (χ1) is 18.9. The normalized spacial score (nSPS) is 12.7. The smallest absolute Gasteiger partial charge is 0.416 e. The molecule has 0 N–H and O–H groups in total. The maximum Gasteiger partial charge on any atom is 0.416 e. The standard InChI is InChI=1S/C30H28F3NO5S/c1-4-20(2)34(29(35)26-14-7-10-22-9-5-6-13-25(22)26)19-21-15-16-27(38-3)28(17-21)39-40(36,37)24-12-8-11-23(18-24)30(31,32)33/h5-18,20H,4,19H2,1-3H3/t20-/m0/s1. The van der Waals surface area contributed by atoms with Gasteiger partial charge in [0.2, 0.25) is 0 Å². The summed E-state index contributed by atoms with van der Waals surface area (Å²) in [4.78, 5) is 14.8. The Hall–Kier alpha value is -4.05. The molecule has 6 nitrogen and oxygen atoms in total. The van der Waals surface area contributed by atoms with Crippen LogP contribution in [0.25, 0.3) is 10.8 Å². The number of carbonyl (C=O) groups is 1. The number of fused-ring (bicyclic) bond motifs is 1. The number of methoxy groups -OCH3 is 1. The molecule has 0 spiro atoms. The Labute approximate surface area is 231 Å². The first-order valence-corrected chi connectivity index (χ1v) is 13.9. The average molecular weight is 572 g/mol. The van der Waals surface area contributed by atoms with Gasteiger partial charge in [0, 0.05) is 18.2 Å². The van der Waals surface area contributed by atoms with Gasteiger partial charge in [-0.1, -0.05) is 55.5 Å². The first kappa shape index (κ1) is 28.9. The second-order valence-electron chi connectivity index (χ2n) is 9.27. The van der Waals surface area contributed by atoms with Gasteiger partial charge in [0.1, 0.15) is 4.90 Å². The molecule has 1 atom stereocenters. The summed E-state index contributed by atoms with van der Waals surface area (Å²) in [7, 11) is -3.33. The molecular formula is C30H28F3NO5S. The molecule has 10 heteroatoms. The minimum atomic E-state index is -4.72. The zero-order valence-electron chi connectivity index (χ0n) is 22.1. The summed E-state index contributed by atoms with van der Waals surface area (Å²) >= 11 is 0. The van der Waals surface area contributed by atoms with E-state index in [-0.39, 0.29) is 30.0 Å². The quantitative estimate of drug-likeness (QED) is 0.201. The number of amides is 1. The fourth-order valence-electron chi connectivity index (χ4n) is 4.29. The van der Waals surface area contributed by atoms with Crippen molar-refractivity contribution in [1.29, 1.82) is 0 Å². The maximum atomic E-state index is 13.8. The van der Waals surface area contributed by atoms with Crippen LogP contribution in [-0.2, 0) is 22.8 Å². The van der Waals surface area contributed by atoms with E-state index in [2.05, 4.69) is 0 Å². The van der Waals surface area contributed by atoms with Gasteiger partial charge in [-0.25, -0.2) is 0 Å². The molecule has 0 aliphatic heterocycles. The molecular weight excluding hydrogens is 543 g/mol. The highest BCUT2D eigenvalue weighted by atomic mass is 32.2. The van der Waals surface area contributed by atoms with Crippen molar-refractivity contribution in [3.63, 3.8) is 0 Å². The third kappa shape index (κ3) is 6.22. The Morgan fingerprint density at radius 3 is 2.33 bits per heavy atom. The molecule has 0 fully saturated rings. The van der Waals surface area contributed by atoms with Crippen LogP contribution in [0, 0.1) is 0 Å². The highest BCUT2D eigenvalue weighted by Crippen LogP contribution is 2.34. The van der Waals surface area contributed by atoms with Crippen LogP contribution in [-0.4, -0.2) is 32.4 Å². The number of halogens is 3. The largest absolute Gasteiger partial charge is 0.493 e. The molecule has 0 radical (unpaired) electrons. The van der Waals surface area contributed by atoms with Gasteiger partial charge in [0.15, 0.2) is 11.5 Å². The SMILES string of the molecule is CC[C@H](C)N(Cc1ccc(OC)c(OS(=O)(=O)c2cccc(C(F)(F)F)c2)c1)C(=O)c1cccc2ccccc12.